The molecule has 1 N–H and O–H groups in total. The zero-order chi connectivity index (χ0) is 13.5. The molecule has 0 radical (unpaired) electrons. The highest BCUT2D eigenvalue weighted by Crippen LogP contribution is 2.26. The van der Waals surface area contributed by atoms with E-state index in [1.54, 1.807) is 12.1 Å². The Morgan fingerprint density at radius 2 is 2.33 bits per heavy atom. The molecule has 0 spiro atoms. The van der Waals surface area contributed by atoms with Gasteiger partial charge in [-0.25, -0.2) is 0 Å². The van der Waals surface area contributed by atoms with Gasteiger partial charge in [0.25, 0.3) is 5.91 Å². The largest absolute Gasteiger partial charge is 0.479 e. The van der Waals surface area contributed by atoms with Gasteiger partial charge in [0, 0.05) is 6.54 Å². The summed E-state index contributed by atoms with van der Waals surface area (Å²) in [7, 11) is 0. The minimum atomic E-state index is -0.538. The van der Waals surface area contributed by atoms with Crippen LogP contribution in [0.15, 0.2) is 30.9 Å². The van der Waals surface area contributed by atoms with Crippen LogP contribution >= 0.6 is 11.6 Å². The van der Waals surface area contributed by atoms with Crippen LogP contribution in [0.1, 0.15) is 18.9 Å². The van der Waals surface area contributed by atoms with Crippen molar-refractivity contribution in [2.24, 2.45) is 0 Å². The van der Waals surface area contributed by atoms with E-state index >= 15 is 0 Å². The highest BCUT2D eigenvalue weighted by atomic mass is 35.5. The van der Waals surface area contributed by atoms with Gasteiger partial charge in [-0.1, -0.05) is 30.7 Å². The summed E-state index contributed by atoms with van der Waals surface area (Å²) < 4.78 is 5.66. The maximum Gasteiger partial charge on any atom is 0.261 e. The standard InChI is InChI=1S/C14H18ClNO2/c1-4-8-16-14(17)12(5-2)18-13-9-10(3)6-7-11(13)15/h4,6-7,9,12H,1,5,8H2,2-3H3,(H,16,17). The number of benzene rings is 1. The molecule has 0 fully saturated rings. The molecule has 98 valence electrons. The maximum absolute atomic E-state index is 11.8. The van der Waals surface area contributed by atoms with E-state index in [-0.39, 0.29) is 5.91 Å². The van der Waals surface area contributed by atoms with Gasteiger partial charge >= 0.3 is 0 Å². The zero-order valence-electron chi connectivity index (χ0n) is 10.7. The first kappa shape index (κ1) is 14.6. The van der Waals surface area contributed by atoms with Crippen LogP contribution < -0.4 is 10.1 Å². The van der Waals surface area contributed by atoms with E-state index in [0.29, 0.717) is 23.7 Å². The molecule has 0 aliphatic heterocycles. The van der Waals surface area contributed by atoms with Gasteiger partial charge in [0.1, 0.15) is 5.75 Å². The lowest BCUT2D eigenvalue weighted by Gasteiger charge is -2.18. The summed E-state index contributed by atoms with van der Waals surface area (Å²) >= 11 is 6.03. The number of carbonyl (C=O) groups is 1. The third kappa shape index (κ3) is 4.08. The fourth-order valence-corrected chi connectivity index (χ4v) is 1.63. The van der Waals surface area contributed by atoms with Gasteiger partial charge in [0.05, 0.1) is 5.02 Å². The number of halogens is 1. The Balaban J connectivity index is 2.75. The first-order valence-electron chi connectivity index (χ1n) is 5.90. The van der Waals surface area contributed by atoms with Crippen LogP contribution in [0.25, 0.3) is 0 Å². The van der Waals surface area contributed by atoms with Crippen molar-refractivity contribution in [2.45, 2.75) is 26.4 Å². The van der Waals surface area contributed by atoms with Crippen LogP contribution in [-0.2, 0) is 4.79 Å². The first-order valence-corrected chi connectivity index (χ1v) is 6.27. The Morgan fingerprint density at radius 3 is 2.94 bits per heavy atom. The highest BCUT2D eigenvalue weighted by Gasteiger charge is 2.18. The van der Waals surface area contributed by atoms with Crippen molar-refractivity contribution in [3.8, 4) is 5.75 Å². The fourth-order valence-electron chi connectivity index (χ4n) is 1.46. The summed E-state index contributed by atoms with van der Waals surface area (Å²) in [5.41, 5.74) is 1.04. The van der Waals surface area contributed by atoms with Crippen molar-refractivity contribution < 1.29 is 9.53 Å². The Morgan fingerprint density at radius 1 is 1.61 bits per heavy atom. The van der Waals surface area contributed by atoms with Crippen LogP contribution in [0.2, 0.25) is 5.02 Å². The highest BCUT2D eigenvalue weighted by molar-refractivity contribution is 6.32. The normalized spacial score (nSPS) is 11.7. The number of carbonyl (C=O) groups excluding carboxylic acids is 1. The molecule has 0 saturated carbocycles. The molecule has 3 nitrogen and oxygen atoms in total. The molecule has 1 rings (SSSR count). The van der Waals surface area contributed by atoms with Crippen molar-refractivity contribution in [1.29, 1.82) is 0 Å². The van der Waals surface area contributed by atoms with Gasteiger partial charge in [-0.15, -0.1) is 6.58 Å². The molecule has 1 aromatic carbocycles. The van der Waals surface area contributed by atoms with Gasteiger partial charge in [-0.2, -0.15) is 0 Å². The third-order valence-corrected chi connectivity index (χ3v) is 2.75. The zero-order valence-corrected chi connectivity index (χ0v) is 11.5. The van der Waals surface area contributed by atoms with E-state index in [4.69, 9.17) is 16.3 Å². The smallest absolute Gasteiger partial charge is 0.261 e. The second-order valence-corrected chi connectivity index (χ2v) is 4.39. The summed E-state index contributed by atoms with van der Waals surface area (Å²) in [6.45, 7) is 7.82. The first-order chi connectivity index (χ1) is 8.58. The van der Waals surface area contributed by atoms with E-state index in [1.807, 2.05) is 26.0 Å². The Hall–Kier alpha value is -1.48. The molecule has 0 aromatic heterocycles. The van der Waals surface area contributed by atoms with Crippen LogP contribution in [0, 0.1) is 6.92 Å². The molecule has 18 heavy (non-hydrogen) atoms. The Labute approximate surface area is 113 Å². The van der Waals surface area contributed by atoms with E-state index < -0.39 is 6.10 Å². The molecule has 0 saturated heterocycles. The van der Waals surface area contributed by atoms with Gasteiger partial charge in [-0.3, -0.25) is 4.79 Å². The maximum atomic E-state index is 11.8. The van der Waals surface area contributed by atoms with Crippen molar-refractivity contribution in [1.82, 2.24) is 5.32 Å². The lowest BCUT2D eigenvalue weighted by Crippen LogP contribution is -2.38. The molecule has 0 aliphatic rings. The summed E-state index contributed by atoms with van der Waals surface area (Å²) in [6, 6.07) is 5.49. The average molecular weight is 268 g/mol. The predicted octanol–water partition coefficient (Wildman–Crippen LogP) is 3.11. The Kier molecular flexibility index (Phi) is 5.72. The third-order valence-electron chi connectivity index (χ3n) is 2.44. The number of amides is 1. The van der Waals surface area contributed by atoms with Gasteiger partial charge < -0.3 is 10.1 Å². The SMILES string of the molecule is C=CCNC(=O)C(CC)Oc1cc(C)ccc1Cl. The number of hydrogen-bond donors (Lipinski definition) is 1. The summed E-state index contributed by atoms with van der Waals surface area (Å²) in [5.74, 6) is 0.382. The lowest BCUT2D eigenvalue weighted by atomic mass is 10.2. The van der Waals surface area contributed by atoms with Crippen molar-refractivity contribution in [3.05, 3.63) is 41.4 Å². The second kappa shape index (κ2) is 7.07. The molecule has 4 heteroatoms. The van der Waals surface area contributed by atoms with Crippen LogP contribution in [-0.4, -0.2) is 18.6 Å². The summed E-state index contributed by atoms with van der Waals surface area (Å²) in [5, 5.41) is 3.22. The number of rotatable bonds is 6. The summed E-state index contributed by atoms with van der Waals surface area (Å²) in [4.78, 5) is 11.8. The minimum absolute atomic E-state index is 0.157. The number of nitrogens with one attached hydrogen (secondary N) is 1. The van der Waals surface area contributed by atoms with Gasteiger partial charge in [0.15, 0.2) is 6.10 Å². The van der Waals surface area contributed by atoms with Gasteiger partial charge in [0.2, 0.25) is 0 Å². The predicted molar refractivity (Wildman–Crippen MR) is 74.1 cm³/mol. The van der Waals surface area contributed by atoms with Crippen molar-refractivity contribution >= 4 is 17.5 Å². The molecular formula is C14H18ClNO2. The monoisotopic (exact) mass is 267 g/mol. The average Bonchev–Trinajstić information content (AvgIpc) is 2.36. The molecule has 0 aliphatic carbocycles. The number of aryl methyl sites for hydroxylation is 1. The molecule has 1 unspecified atom stereocenters. The van der Waals surface area contributed by atoms with E-state index in [1.165, 1.54) is 0 Å². The fraction of sp³-hybridized carbons (Fsp3) is 0.357. The molecule has 0 bridgehead atoms. The quantitative estimate of drug-likeness (QED) is 0.805. The Bertz CT molecular complexity index is 432. The van der Waals surface area contributed by atoms with Gasteiger partial charge in [-0.05, 0) is 31.0 Å². The molecular weight excluding hydrogens is 250 g/mol. The summed E-state index contributed by atoms with van der Waals surface area (Å²) in [6.07, 6.45) is 1.67. The minimum Gasteiger partial charge on any atom is -0.479 e. The van der Waals surface area contributed by atoms with E-state index in [2.05, 4.69) is 11.9 Å². The van der Waals surface area contributed by atoms with E-state index in [0.717, 1.165) is 5.56 Å². The van der Waals surface area contributed by atoms with Crippen molar-refractivity contribution in [2.75, 3.05) is 6.54 Å². The topological polar surface area (TPSA) is 38.3 Å². The number of ether oxygens (including phenoxy) is 1. The molecule has 1 aromatic rings. The van der Waals surface area contributed by atoms with E-state index in [9.17, 15) is 4.79 Å². The molecule has 1 atom stereocenters. The lowest BCUT2D eigenvalue weighted by molar-refractivity contribution is -0.127. The van der Waals surface area contributed by atoms with Crippen molar-refractivity contribution in [3.63, 3.8) is 0 Å². The number of hydrogen-bond acceptors (Lipinski definition) is 2. The second-order valence-electron chi connectivity index (χ2n) is 3.98. The molecule has 1 amide bonds. The van der Waals surface area contributed by atoms with Crippen LogP contribution in [0.3, 0.4) is 0 Å². The van der Waals surface area contributed by atoms with Crippen LogP contribution in [0.4, 0.5) is 0 Å². The van der Waals surface area contributed by atoms with Crippen LogP contribution in [0.5, 0.6) is 5.75 Å². The molecule has 0 heterocycles.